The van der Waals surface area contributed by atoms with E-state index in [1.54, 1.807) is 28.8 Å². The number of hydrogen-bond donors (Lipinski definition) is 1. The van der Waals surface area contributed by atoms with Crippen molar-refractivity contribution in [3.05, 3.63) is 23.8 Å². The molecule has 1 aromatic rings. The predicted octanol–water partition coefficient (Wildman–Crippen LogP) is 1.20. The SMILES string of the molecule is C[C@@]12CCC(=O)N1[C@H](C(=O)OCC(=O)c1ccc3c(c1)NC(=O)CO3)CS2. The van der Waals surface area contributed by atoms with Gasteiger partial charge in [0.05, 0.1) is 10.6 Å². The van der Waals surface area contributed by atoms with Crippen molar-refractivity contribution in [1.29, 1.82) is 0 Å². The Morgan fingerprint density at radius 3 is 3.04 bits per heavy atom. The highest BCUT2D eigenvalue weighted by atomic mass is 32.2. The predicted molar refractivity (Wildman–Crippen MR) is 96.6 cm³/mol. The van der Waals surface area contributed by atoms with Crippen molar-refractivity contribution < 1.29 is 28.7 Å². The highest BCUT2D eigenvalue weighted by molar-refractivity contribution is 8.01. The number of rotatable bonds is 4. The van der Waals surface area contributed by atoms with Gasteiger partial charge in [0.2, 0.25) is 5.91 Å². The first-order chi connectivity index (χ1) is 12.9. The number of thioether (sulfide) groups is 1. The van der Waals surface area contributed by atoms with Gasteiger partial charge in [-0.15, -0.1) is 11.8 Å². The van der Waals surface area contributed by atoms with Crippen molar-refractivity contribution >= 4 is 41.0 Å². The van der Waals surface area contributed by atoms with Crippen LogP contribution in [-0.2, 0) is 19.1 Å². The van der Waals surface area contributed by atoms with E-state index in [1.807, 2.05) is 6.92 Å². The molecule has 2 amide bonds. The van der Waals surface area contributed by atoms with E-state index in [9.17, 15) is 19.2 Å². The average molecular weight is 390 g/mol. The molecule has 3 aliphatic heterocycles. The van der Waals surface area contributed by atoms with Crippen LogP contribution in [0.5, 0.6) is 5.75 Å². The molecule has 2 atom stereocenters. The van der Waals surface area contributed by atoms with Crippen molar-refractivity contribution in [2.24, 2.45) is 0 Å². The molecular weight excluding hydrogens is 372 g/mol. The van der Waals surface area contributed by atoms with E-state index in [2.05, 4.69) is 5.32 Å². The lowest BCUT2D eigenvalue weighted by Gasteiger charge is -2.29. The largest absolute Gasteiger partial charge is 0.482 e. The summed E-state index contributed by atoms with van der Waals surface area (Å²) in [5.74, 6) is -0.358. The second kappa shape index (κ2) is 6.56. The van der Waals surface area contributed by atoms with Gasteiger partial charge in [0, 0.05) is 17.7 Å². The van der Waals surface area contributed by atoms with Crippen LogP contribution in [0, 0.1) is 0 Å². The maximum absolute atomic E-state index is 12.4. The van der Waals surface area contributed by atoms with Gasteiger partial charge in [-0.05, 0) is 31.5 Å². The van der Waals surface area contributed by atoms with Gasteiger partial charge in [-0.25, -0.2) is 4.79 Å². The van der Waals surface area contributed by atoms with E-state index in [0.29, 0.717) is 35.6 Å². The molecule has 27 heavy (non-hydrogen) atoms. The standard InChI is InChI=1S/C18H18N2O6S/c1-18-5-4-16(23)20(18)12(9-27-18)17(24)26-7-13(21)10-2-3-14-11(6-10)19-15(22)8-25-14/h2-3,6,12H,4-5,7-9H2,1H3,(H,19,22)/t12-,18+/m0/s1. The first kappa shape index (κ1) is 17.8. The highest BCUT2D eigenvalue weighted by Crippen LogP contribution is 2.47. The number of nitrogens with zero attached hydrogens (tertiary/aromatic N) is 1. The fraction of sp³-hybridized carbons (Fsp3) is 0.444. The Bertz CT molecular complexity index is 856. The van der Waals surface area contributed by atoms with Crippen LogP contribution in [0.25, 0.3) is 0 Å². The summed E-state index contributed by atoms with van der Waals surface area (Å²) in [5.41, 5.74) is 0.712. The quantitative estimate of drug-likeness (QED) is 0.609. The molecule has 0 aliphatic carbocycles. The molecule has 1 aromatic carbocycles. The number of carbonyl (C=O) groups excluding carboxylic acids is 4. The van der Waals surface area contributed by atoms with Crippen LogP contribution < -0.4 is 10.1 Å². The third-order valence-electron chi connectivity index (χ3n) is 5.00. The van der Waals surface area contributed by atoms with E-state index in [1.165, 1.54) is 6.07 Å². The second-order valence-electron chi connectivity index (χ2n) is 6.84. The zero-order valence-electron chi connectivity index (χ0n) is 14.6. The number of anilines is 1. The first-order valence-corrected chi connectivity index (χ1v) is 9.59. The van der Waals surface area contributed by atoms with Gasteiger partial charge < -0.3 is 19.7 Å². The van der Waals surface area contributed by atoms with Crippen molar-refractivity contribution in [3.63, 3.8) is 0 Å². The zero-order chi connectivity index (χ0) is 19.2. The van der Waals surface area contributed by atoms with Gasteiger partial charge in [0.1, 0.15) is 11.8 Å². The van der Waals surface area contributed by atoms with Crippen LogP contribution in [0.1, 0.15) is 30.1 Å². The summed E-state index contributed by atoms with van der Waals surface area (Å²) in [6.45, 7) is 1.46. The fourth-order valence-electron chi connectivity index (χ4n) is 3.57. The van der Waals surface area contributed by atoms with E-state index >= 15 is 0 Å². The lowest BCUT2D eigenvalue weighted by atomic mass is 10.1. The maximum atomic E-state index is 12.4. The van der Waals surface area contributed by atoms with Crippen LogP contribution in [0.4, 0.5) is 5.69 Å². The molecule has 142 valence electrons. The normalized spacial score (nSPS) is 26.1. The summed E-state index contributed by atoms with van der Waals surface area (Å²) in [6, 6.07) is 3.98. The molecule has 8 nitrogen and oxygen atoms in total. The fourth-order valence-corrected chi connectivity index (χ4v) is 4.98. The van der Waals surface area contributed by atoms with Gasteiger partial charge in [-0.1, -0.05) is 0 Å². The molecule has 2 fully saturated rings. The Labute approximate surface area is 159 Å². The molecular formula is C18H18N2O6S. The summed E-state index contributed by atoms with van der Waals surface area (Å²) < 4.78 is 10.4. The topological polar surface area (TPSA) is 102 Å². The van der Waals surface area contributed by atoms with Crippen LogP contribution in [-0.4, -0.2) is 58.3 Å². The molecule has 0 aromatic heterocycles. The molecule has 4 rings (SSSR count). The van der Waals surface area contributed by atoms with E-state index in [4.69, 9.17) is 9.47 Å². The molecule has 0 saturated carbocycles. The molecule has 1 N–H and O–H groups in total. The average Bonchev–Trinajstić information content (AvgIpc) is 3.14. The lowest BCUT2D eigenvalue weighted by Crippen LogP contribution is -2.46. The van der Waals surface area contributed by atoms with Gasteiger partial charge in [0.25, 0.3) is 5.91 Å². The van der Waals surface area contributed by atoms with Crippen molar-refractivity contribution in [2.75, 3.05) is 24.3 Å². The number of benzene rings is 1. The molecule has 0 spiro atoms. The van der Waals surface area contributed by atoms with E-state index in [-0.39, 0.29) is 23.3 Å². The van der Waals surface area contributed by atoms with E-state index in [0.717, 1.165) is 0 Å². The van der Waals surface area contributed by atoms with Gasteiger partial charge >= 0.3 is 5.97 Å². The molecule has 2 saturated heterocycles. The number of ether oxygens (including phenoxy) is 2. The number of Topliss-reactive ketones (excluding diaryl/α,β-unsaturated/α-hetero) is 1. The Hall–Kier alpha value is -2.55. The van der Waals surface area contributed by atoms with Gasteiger partial charge in [0.15, 0.2) is 19.0 Å². The van der Waals surface area contributed by atoms with Gasteiger partial charge in [-0.2, -0.15) is 0 Å². The summed E-state index contributed by atoms with van der Waals surface area (Å²) in [4.78, 5) is 49.5. The molecule has 9 heteroatoms. The number of ketones is 1. The van der Waals surface area contributed by atoms with Crippen LogP contribution in [0.15, 0.2) is 18.2 Å². The monoisotopic (exact) mass is 390 g/mol. The summed E-state index contributed by atoms with van der Waals surface area (Å²) >= 11 is 1.57. The first-order valence-electron chi connectivity index (χ1n) is 8.60. The number of amides is 2. The van der Waals surface area contributed by atoms with Crippen molar-refractivity contribution in [3.8, 4) is 5.75 Å². The summed E-state index contributed by atoms with van der Waals surface area (Å²) in [6.07, 6.45) is 1.14. The molecule has 0 radical (unpaired) electrons. The second-order valence-corrected chi connectivity index (χ2v) is 8.35. The van der Waals surface area contributed by atoms with E-state index < -0.39 is 24.4 Å². The molecule has 0 unspecified atom stereocenters. The maximum Gasteiger partial charge on any atom is 0.330 e. The summed E-state index contributed by atoms with van der Waals surface area (Å²) in [7, 11) is 0. The van der Waals surface area contributed by atoms with Crippen molar-refractivity contribution in [2.45, 2.75) is 30.7 Å². The smallest absolute Gasteiger partial charge is 0.330 e. The van der Waals surface area contributed by atoms with Crippen LogP contribution in [0.3, 0.4) is 0 Å². The minimum Gasteiger partial charge on any atom is -0.482 e. The Morgan fingerprint density at radius 1 is 1.41 bits per heavy atom. The lowest BCUT2D eigenvalue weighted by molar-refractivity contribution is -0.152. The minimum absolute atomic E-state index is 0.0544. The molecule has 3 aliphatic rings. The minimum atomic E-state index is -0.654. The number of hydrogen-bond acceptors (Lipinski definition) is 7. The van der Waals surface area contributed by atoms with Crippen LogP contribution in [0.2, 0.25) is 0 Å². The Balaban J connectivity index is 1.40. The highest BCUT2D eigenvalue weighted by Gasteiger charge is 2.53. The summed E-state index contributed by atoms with van der Waals surface area (Å²) in [5, 5.41) is 2.63. The number of nitrogens with one attached hydrogen (secondary N) is 1. The number of esters is 1. The Morgan fingerprint density at radius 2 is 2.22 bits per heavy atom. The number of fused-ring (bicyclic) bond motifs is 2. The molecule has 3 heterocycles. The third kappa shape index (κ3) is 3.16. The third-order valence-corrected chi connectivity index (χ3v) is 6.50. The zero-order valence-corrected chi connectivity index (χ0v) is 15.5. The number of carbonyl (C=O) groups is 4. The van der Waals surface area contributed by atoms with Crippen LogP contribution >= 0.6 is 11.8 Å². The molecule has 0 bridgehead atoms. The van der Waals surface area contributed by atoms with Crippen molar-refractivity contribution in [1.82, 2.24) is 4.90 Å². The Kier molecular flexibility index (Phi) is 4.33. The van der Waals surface area contributed by atoms with Gasteiger partial charge in [-0.3, -0.25) is 14.4 Å².